The van der Waals surface area contributed by atoms with Crippen LogP contribution in [-0.2, 0) is 6.54 Å². The minimum atomic E-state index is -0.138. The van der Waals surface area contributed by atoms with Crippen LogP contribution in [0.4, 0.5) is 10.1 Å². The zero-order valence-electron chi connectivity index (χ0n) is 13.8. The molecule has 0 unspecified atom stereocenters. The van der Waals surface area contributed by atoms with Crippen molar-refractivity contribution in [3.63, 3.8) is 0 Å². The summed E-state index contributed by atoms with van der Waals surface area (Å²) >= 11 is 3.31. The number of rotatable bonds is 4. The number of halogens is 2. The van der Waals surface area contributed by atoms with Crippen molar-refractivity contribution in [3.8, 4) is 5.75 Å². The summed E-state index contributed by atoms with van der Waals surface area (Å²) in [5.74, 6) is 0.738. The van der Waals surface area contributed by atoms with E-state index in [4.69, 9.17) is 4.74 Å². The Balaban J connectivity index is 1.62. The largest absolute Gasteiger partial charge is 0.497 e. The zero-order valence-corrected chi connectivity index (χ0v) is 15.4. The van der Waals surface area contributed by atoms with Gasteiger partial charge in [0.05, 0.1) is 7.11 Å². The maximum absolute atomic E-state index is 14.0. The molecule has 3 nitrogen and oxygen atoms in total. The van der Waals surface area contributed by atoms with Gasteiger partial charge >= 0.3 is 0 Å². The molecule has 128 valence electrons. The van der Waals surface area contributed by atoms with Crippen LogP contribution in [0.3, 0.4) is 0 Å². The van der Waals surface area contributed by atoms with Crippen LogP contribution in [0, 0.1) is 5.82 Å². The van der Waals surface area contributed by atoms with Gasteiger partial charge in [-0.2, -0.15) is 0 Å². The van der Waals surface area contributed by atoms with E-state index in [2.05, 4.69) is 37.9 Å². The van der Waals surface area contributed by atoms with Crippen LogP contribution >= 0.6 is 15.9 Å². The van der Waals surface area contributed by atoms with Crippen molar-refractivity contribution in [2.45, 2.75) is 13.0 Å². The lowest BCUT2D eigenvalue weighted by molar-refractivity contribution is 0.281. The summed E-state index contributed by atoms with van der Waals surface area (Å²) in [5.41, 5.74) is 1.98. The van der Waals surface area contributed by atoms with Crippen molar-refractivity contribution in [1.82, 2.24) is 4.90 Å². The summed E-state index contributed by atoms with van der Waals surface area (Å²) in [6, 6.07) is 13.5. The average molecular weight is 393 g/mol. The maximum Gasteiger partial charge on any atom is 0.128 e. The number of ether oxygens (including phenoxy) is 1. The Kier molecular flexibility index (Phi) is 5.74. The molecule has 0 atom stereocenters. The minimum absolute atomic E-state index is 0.138. The highest BCUT2D eigenvalue weighted by Crippen LogP contribution is 2.22. The number of methoxy groups -OCH3 is 1. The van der Waals surface area contributed by atoms with Crippen LogP contribution in [0.15, 0.2) is 46.9 Å². The lowest BCUT2D eigenvalue weighted by Gasteiger charge is -2.24. The van der Waals surface area contributed by atoms with Crippen molar-refractivity contribution < 1.29 is 9.13 Å². The molecule has 2 aromatic rings. The van der Waals surface area contributed by atoms with Gasteiger partial charge < -0.3 is 9.64 Å². The highest BCUT2D eigenvalue weighted by Gasteiger charge is 2.16. The van der Waals surface area contributed by atoms with E-state index in [0.717, 1.165) is 48.4 Å². The minimum Gasteiger partial charge on any atom is -0.497 e. The summed E-state index contributed by atoms with van der Waals surface area (Å²) in [4.78, 5) is 4.72. The van der Waals surface area contributed by atoms with E-state index >= 15 is 0 Å². The first-order valence-corrected chi connectivity index (χ1v) is 9.00. The molecule has 0 saturated carbocycles. The first-order valence-electron chi connectivity index (χ1n) is 8.21. The fourth-order valence-corrected chi connectivity index (χ4v) is 3.40. The highest BCUT2D eigenvalue weighted by molar-refractivity contribution is 9.10. The Bertz CT molecular complexity index is 678. The SMILES string of the molecule is COc1ccc(N2CCCN(Cc3ccc(Br)cc3F)CC2)cc1. The van der Waals surface area contributed by atoms with Gasteiger partial charge in [-0.25, -0.2) is 4.39 Å². The quantitative estimate of drug-likeness (QED) is 0.770. The van der Waals surface area contributed by atoms with Crippen LogP contribution < -0.4 is 9.64 Å². The van der Waals surface area contributed by atoms with Crippen molar-refractivity contribution in [2.75, 3.05) is 38.2 Å². The molecule has 5 heteroatoms. The summed E-state index contributed by atoms with van der Waals surface area (Å²) in [7, 11) is 1.68. The third-order valence-electron chi connectivity index (χ3n) is 4.44. The molecule has 0 radical (unpaired) electrons. The van der Waals surface area contributed by atoms with Gasteiger partial charge in [-0.05, 0) is 42.8 Å². The first kappa shape index (κ1) is 17.2. The van der Waals surface area contributed by atoms with Crippen molar-refractivity contribution in [2.24, 2.45) is 0 Å². The zero-order chi connectivity index (χ0) is 16.9. The molecule has 1 heterocycles. The second kappa shape index (κ2) is 7.99. The van der Waals surface area contributed by atoms with Crippen LogP contribution in [0.1, 0.15) is 12.0 Å². The lowest BCUT2D eigenvalue weighted by Crippen LogP contribution is -2.30. The van der Waals surface area contributed by atoms with Crippen molar-refractivity contribution in [1.29, 1.82) is 0 Å². The van der Waals surface area contributed by atoms with Gasteiger partial charge in [-0.3, -0.25) is 4.90 Å². The maximum atomic E-state index is 14.0. The molecule has 2 aromatic carbocycles. The average Bonchev–Trinajstić information content (AvgIpc) is 2.83. The molecular formula is C19H22BrFN2O. The molecule has 0 spiro atoms. The molecular weight excluding hydrogens is 371 g/mol. The van der Waals surface area contributed by atoms with Crippen molar-refractivity contribution in [3.05, 3.63) is 58.3 Å². The smallest absolute Gasteiger partial charge is 0.128 e. The van der Waals surface area contributed by atoms with E-state index in [1.807, 2.05) is 24.3 Å². The third kappa shape index (κ3) is 4.28. The predicted molar refractivity (Wildman–Crippen MR) is 99.2 cm³/mol. The van der Waals surface area contributed by atoms with Crippen LogP contribution in [0.5, 0.6) is 5.75 Å². The molecule has 0 bridgehead atoms. The molecule has 0 aliphatic carbocycles. The predicted octanol–water partition coefficient (Wildman–Crippen LogP) is 4.31. The topological polar surface area (TPSA) is 15.7 Å². The van der Waals surface area contributed by atoms with Gasteiger partial charge in [0.15, 0.2) is 0 Å². The third-order valence-corrected chi connectivity index (χ3v) is 4.93. The molecule has 24 heavy (non-hydrogen) atoms. The normalized spacial score (nSPS) is 16.0. The Morgan fingerprint density at radius 3 is 2.54 bits per heavy atom. The van der Waals surface area contributed by atoms with Crippen LogP contribution in [-0.4, -0.2) is 38.2 Å². The van der Waals surface area contributed by atoms with E-state index in [1.54, 1.807) is 7.11 Å². The van der Waals surface area contributed by atoms with Gasteiger partial charge in [0.2, 0.25) is 0 Å². The molecule has 1 fully saturated rings. The molecule has 0 N–H and O–H groups in total. The van der Waals surface area contributed by atoms with E-state index in [0.29, 0.717) is 6.54 Å². The molecule has 3 rings (SSSR count). The van der Waals surface area contributed by atoms with Gasteiger partial charge in [0.1, 0.15) is 11.6 Å². The second-order valence-electron chi connectivity index (χ2n) is 6.05. The van der Waals surface area contributed by atoms with Crippen molar-refractivity contribution >= 4 is 21.6 Å². The lowest BCUT2D eigenvalue weighted by atomic mass is 10.2. The van der Waals surface area contributed by atoms with Crippen LogP contribution in [0.2, 0.25) is 0 Å². The number of nitrogens with zero attached hydrogens (tertiary/aromatic N) is 2. The Morgan fingerprint density at radius 1 is 1.04 bits per heavy atom. The van der Waals surface area contributed by atoms with Gasteiger partial charge in [0.25, 0.3) is 0 Å². The Labute approximate surface area is 151 Å². The number of benzene rings is 2. The van der Waals surface area contributed by atoms with E-state index in [-0.39, 0.29) is 5.82 Å². The van der Waals surface area contributed by atoms with E-state index in [1.165, 1.54) is 11.8 Å². The van der Waals surface area contributed by atoms with Gasteiger partial charge in [0, 0.05) is 48.4 Å². The second-order valence-corrected chi connectivity index (χ2v) is 6.97. The molecule has 1 aliphatic heterocycles. The van der Waals surface area contributed by atoms with Gasteiger partial charge in [-0.15, -0.1) is 0 Å². The monoisotopic (exact) mass is 392 g/mol. The summed E-state index contributed by atoms with van der Waals surface area (Å²) in [6.07, 6.45) is 1.07. The fourth-order valence-electron chi connectivity index (χ4n) is 3.07. The van der Waals surface area contributed by atoms with Gasteiger partial charge in [-0.1, -0.05) is 22.0 Å². The van der Waals surface area contributed by atoms with E-state index < -0.39 is 0 Å². The number of hydrogen-bond acceptors (Lipinski definition) is 3. The molecule has 1 aliphatic rings. The Morgan fingerprint density at radius 2 is 1.83 bits per heavy atom. The summed E-state index contributed by atoms with van der Waals surface area (Å²) in [5, 5.41) is 0. The van der Waals surface area contributed by atoms with Crippen LogP contribution in [0.25, 0.3) is 0 Å². The molecule has 0 amide bonds. The fraction of sp³-hybridized carbons (Fsp3) is 0.368. The standard InChI is InChI=1S/C19H22BrFN2O/c1-24-18-7-5-17(6-8-18)23-10-2-9-22(11-12-23)14-15-3-4-16(20)13-19(15)21/h3-8,13H,2,9-12,14H2,1H3. The summed E-state index contributed by atoms with van der Waals surface area (Å²) < 4.78 is 20.0. The first-order chi connectivity index (χ1) is 11.7. The number of hydrogen-bond donors (Lipinski definition) is 0. The molecule has 1 saturated heterocycles. The molecule has 0 aromatic heterocycles. The van der Waals surface area contributed by atoms with E-state index in [9.17, 15) is 4.39 Å². The summed E-state index contributed by atoms with van der Waals surface area (Å²) in [6.45, 7) is 4.55. The Hall–Kier alpha value is -1.59. The highest BCUT2D eigenvalue weighted by atomic mass is 79.9. The number of anilines is 1.